The zero-order valence-corrected chi connectivity index (χ0v) is 11.4. The van der Waals surface area contributed by atoms with Crippen LogP contribution in [0.1, 0.15) is 56.2 Å². The first kappa shape index (κ1) is 13.6. The van der Waals surface area contributed by atoms with Crippen molar-refractivity contribution in [3.05, 3.63) is 35.4 Å². The van der Waals surface area contributed by atoms with E-state index in [0.717, 1.165) is 19.4 Å². The Balaban J connectivity index is 1.91. The Morgan fingerprint density at radius 3 is 3.00 bits per heavy atom. The first-order valence-corrected chi connectivity index (χ1v) is 7.26. The summed E-state index contributed by atoms with van der Waals surface area (Å²) in [7, 11) is 0. The van der Waals surface area contributed by atoms with Crippen molar-refractivity contribution in [3.8, 4) is 0 Å². The molecule has 1 aromatic rings. The number of aliphatic hydroxyl groups excluding tert-OH is 1. The molecule has 2 N–H and O–H groups in total. The summed E-state index contributed by atoms with van der Waals surface area (Å²) in [6, 6.07) is 9.35. The van der Waals surface area contributed by atoms with Crippen molar-refractivity contribution in [2.45, 2.75) is 57.6 Å². The highest BCUT2D eigenvalue weighted by Crippen LogP contribution is 2.28. The molecule has 2 nitrogen and oxygen atoms in total. The molecule has 2 atom stereocenters. The smallest absolute Gasteiger partial charge is 0.0512 e. The second-order valence-electron chi connectivity index (χ2n) is 5.44. The molecule has 0 saturated carbocycles. The number of rotatable bonds is 5. The molecule has 18 heavy (non-hydrogen) atoms. The molecule has 0 aliphatic heterocycles. The minimum absolute atomic E-state index is 0.173. The quantitative estimate of drug-likeness (QED) is 0.618. The number of aryl methyl sites for hydroxylation is 1. The summed E-state index contributed by atoms with van der Waals surface area (Å²) in [5.74, 6) is 0. The van der Waals surface area contributed by atoms with Crippen LogP contribution in [0.3, 0.4) is 0 Å². The topological polar surface area (TPSA) is 32.3 Å². The van der Waals surface area contributed by atoms with Crippen molar-refractivity contribution in [1.29, 1.82) is 0 Å². The van der Waals surface area contributed by atoms with Gasteiger partial charge in [0.15, 0.2) is 0 Å². The third-order valence-corrected chi connectivity index (χ3v) is 3.81. The minimum atomic E-state index is -0.173. The summed E-state index contributed by atoms with van der Waals surface area (Å²) >= 11 is 0. The molecule has 1 aliphatic carbocycles. The van der Waals surface area contributed by atoms with Gasteiger partial charge in [0, 0.05) is 6.04 Å². The first-order chi connectivity index (χ1) is 8.77. The Labute approximate surface area is 110 Å². The van der Waals surface area contributed by atoms with Gasteiger partial charge in [-0.3, -0.25) is 0 Å². The van der Waals surface area contributed by atoms with Gasteiger partial charge in [0.2, 0.25) is 0 Å². The molecule has 2 unspecified atom stereocenters. The minimum Gasteiger partial charge on any atom is -0.393 e. The van der Waals surface area contributed by atoms with Crippen LogP contribution in [0.5, 0.6) is 0 Å². The van der Waals surface area contributed by atoms with E-state index in [9.17, 15) is 5.11 Å². The van der Waals surface area contributed by atoms with E-state index in [-0.39, 0.29) is 6.10 Å². The number of benzene rings is 1. The van der Waals surface area contributed by atoms with Gasteiger partial charge in [-0.05, 0) is 56.7 Å². The van der Waals surface area contributed by atoms with Crippen molar-refractivity contribution in [1.82, 2.24) is 5.32 Å². The predicted octanol–water partition coefficient (Wildman–Crippen LogP) is 3.20. The third-order valence-electron chi connectivity index (χ3n) is 3.81. The molecule has 0 aromatic heterocycles. The molecule has 0 heterocycles. The summed E-state index contributed by atoms with van der Waals surface area (Å²) in [6.07, 6.45) is 6.85. The van der Waals surface area contributed by atoms with Gasteiger partial charge in [-0.2, -0.15) is 0 Å². The summed E-state index contributed by atoms with van der Waals surface area (Å²) < 4.78 is 0. The van der Waals surface area contributed by atoms with Crippen LogP contribution in [0.2, 0.25) is 0 Å². The van der Waals surface area contributed by atoms with E-state index >= 15 is 0 Å². The normalized spacial score (nSPS) is 21.1. The average Bonchev–Trinajstić information content (AvgIpc) is 2.57. The fourth-order valence-electron chi connectivity index (χ4n) is 2.81. The van der Waals surface area contributed by atoms with Crippen molar-refractivity contribution in [2.75, 3.05) is 6.54 Å². The van der Waals surface area contributed by atoms with Crippen molar-refractivity contribution in [2.24, 2.45) is 0 Å². The monoisotopic (exact) mass is 247 g/mol. The summed E-state index contributed by atoms with van der Waals surface area (Å²) in [5.41, 5.74) is 3.01. The molecule has 0 bridgehead atoms. The Bertz CT molecular complexity index is 362. The first-order valence-electron chi connectivity index (χ1n) is 7.26. The maximum Gasteiger partial charge on any atom is 0.0512 e. The highest BCUT2D eigenvalue weighted by molar-refractivity contribution is 5.31. The second-order valence-corrected chi connectivity index (χ2v) is 5.44. The molecule has 100 valence electrons. The van der Waals surface area contributed by atoms with Crippen LogP contribution in [0.25, 0.3) is 0 Å². The maximum atomic E-state index is 9.26. The molecule has 2 rings (SSSR count). The fourth-order valence-corrected chi connectivity index (χ4v) is 2.81. The zero-order chi connectivity index (χ0) is 12.8. The van der Waals surface area contributed by atoms with Crippen LogP contribution < -0.4 is 5.32 Å². The zero-order valence-electron chi connectivity index (χ0n) is 11.4. The van der Waals surface area contributed by atoms with Gasteiger partial charge in [-0.1, -0.05) is 30.7 Å². The summed E-state index contributed by atoms with van der Waals surface area (Å²) in [6.45, 7) is 2.87. The fraction of sp³-hybridized carbons (Fsp3) is 0.625. The average molecular weight is 247 g/mol. The SMILES string of the molecule is CC(O)CCCNC1CCCCc2ccccc21. The van der Waals surface area contributed by atoms with Gasteiger partial charge in [-0.25, -0.2) is 0 Å². The Kier molecular flexibility index (Phi) is 5.21. The standard InChI is InChI=1S/C16H25NO/c1-13(18)7-6-12-17-16-11-5-3-9-14-8-2-4-10-15(14)16/h2,4,8,10,13,16-18H,3,5-7,9,11-12H2,1H3. The van der Waals surface area contributed by atoms with Crippen LogP contribution >= 0.6 is 0 Å². The van der Waals surface area contributed by atoms with Crippen LogP contribution in [-0.4, -0.2) is 17.8 Å². The van der Waals surface area contributed by atoms with E-state index in [1.54, 1.807) is 0 Å². The van der Waals surface area contributed by atoms with Gasteiger partial charge in [0.1, 0.15) is 0 Å². The molecular weight excluding hydrogens is 222 g/mol. The maximum absolute atomic E-state index is 9.26. The van der Waals surface area contributed by atoms with Gasteiger partial charge < -0.3 is 10.4 Å². The van der Waals surface area contributed by atoms with E-state index < -0.39 is 0 Å². The molecule has 1 aliphatic rings. The lowest BCUT2D eigenvalue weighted by Crippen LogP contribution is -2.23. The molecule has 1 aromatic carbocycles. The van der Waals surface area contributed by atoms with Crippen LogP contribution in [0, 0.1) is 0 Å². The Morgan fingerprint density at radius 1 is 1.33 bits per heavy atom. The highest BCUT2D eigenvalue weighted by atomic mass is 16.3. The van der Waals surface area contributed by atoms with Crippen LogP contribution in [0.15, 0.2) is 24.3 Å². The largest absolute Gasteiger partial charge is 0.393 e. The lowest BCUT2D eigenvalue weighted by Gasteiger charge is -2.19. The molecule has 0 amide bonds. The number of fused-ring (bicyclic) bond motifs is 1. The molecule has 0 saturated heterocycles. The number of nitrogens with one attached hydrogen (secondary N) is 1. The molecule has 2 heteroatoms. The van der Waals surface area contributed by atoms with Crippen LogP contribution in [0.4, 0.5) is 0 Å². The summed E-state index contributed by atoms with van der Waals surface area (Å²) in [4.78, 5) is 0. The van der Waals surface area contributed by atoms with Gasteiger partial charge in [-0.15, -0.1) is 0 Å². The summed E-state index contributed by atoms with van der Waals surface area (Å²) in [5, 5.41) is 12.9. The van der Waals surface area contributed by atoms with Gasteiger partial charge in [0.25, 0.3) is 0 Å². The molecule has 0 fully saturated rings. The van der Waals surface area contributed by atoms with E-state index in [1.807, 2.05) is 6.92 Å². The Hall–Kier alpha value is -0.860. The molecular formula is C16H25NO. The van der Waals surface area contributed by atoms with E-state index in [1.165, 1.54) is 36.8 Å². The second kappa shape index (κ2) is 6.91. The highest BCUT2D eigenvalue weighted by Gasteiger charge is 2.17. The Morgan fingerprint density at radius 2 is 2.17 bits per heavy atom. The van der Waals surface area contributed by atoms with Crippen molar-refractivity contribution < 1.29 is 5.11 Å². The van der Waals surface area contributed by atoms with E-state index in [2.05, 4.69) is 29.6 Å². The van der Waals surface area contributed by atoms with Gasteiger partial charge in [0.05, 0.1) is 6.10 Å². The third kappa shape index (κ3) is 3.82. The van der Waals surface area contributed by atoms with Gasteiger partial charge >= 0.3 is 0 Å². The van der Waals surface area contributed by atoms with E-state index in [4.69, 9.17) is 0 Å². The van der Waals surface area contributed by atoms with Crippen LogP contribution in [-0.2, 0) is 6.42 Å². The van der Waals surface area contributed by atoms with Crippen molar-refractivity contribution >= 4 is 0 Å². The van der Waals surface area contributed by atoms with E-state index in [0.29, 0.717) is 6.04 Å². The lowest BCUT2D eigenvalue weighted by molar-refractivity contribution is 0.180. The number of hydrogen-bond acceptors (Lipinski definition) is 2. The number of hydrogen-bond donors (Lipinski definition) is 2. The predicted molar refractivity (Wildman–Crippen MR) is 75.7 cm³/mol. The lowest BCUT2D eigenvalue weighted by atomic mass is 9.99. The van der Waals surface area contributed by atoms with Crippen molar-refractivity contribution in [3.63, 3.8) is 0 Å². The molecule has 0 spiro atoms. The number of aliphatic hydroxyl groups is 1. The molecule has 0 radical (unpaired) electrons.